The van der Waals surface area contributed by atoms with E-state index in [-0.39, 0.29) is 12.5 Å². The molecule has 0 aliphatic heterocycles. The molecule has 2 aromatic rings. The molecule has 1 atom stereocenters. The van der Waals surface area contributed by atoms with Gasteiger partial charge in [-0.3, -0.25) is 13.9 Å². The number of carbonyl (C=O) groups excluding carboxylic acids is 2. The van der Waals surface area contributed by atoms with E-state index in [1.54, 1.807) is 63.4 Å². The third kappa shape index (κ3) is 6.96. The van der Waals surface area contributed by atoms with Crippen molar-refractivity contribution in [3.05, 3.63) is 58.6 Å². The van der Waals surface area contributed by atoms with Crippen LogP contribution in [0.1, 0.15) is 19.4 Å². The highest BCUT2D eigenvalue weighted by Crippen LogP contribution is 2.22. The molecule has 0 bridgehead atoms. The number of ether oxygens (including phenoxy) is 1. The predicted molar refractivity (Wildman–Crippen MR) is 128 cm³/mol. The number of hydrogen-bond donors (Lipinski definition) is 1. The van der Waals surface area contributed by atoms with E-state index < -0.39 is 28.5 Å². The van der Waals surface area contributed by atoms with Crippen LogP contribution in [0.4, 0.5) is 5.69 Å². The molecule has 32 heavy (non-hydrogen) atoms. The Bertz CT molecular complexity index is 1040. The smallest absolute Gasteiger partial charge is 0.244 e. The number of nitrogens with one attached hydrogen (secondary N) is 1. The van der Waals surface area contributed by atoms with Gasteiger partial charge in [0.2, 0.25) is 21.8 Å². The second-order valence-electron chi connectivity index (χ2n) is 7.19. The molecule has 1 N–H and O–H groups in total. The van der Waals surface area contributed by atoms with Crippen molar-refractivity contribution in [3.63, 3.8) is 0 Å². The first kappa shape index (κ1) is 25.7. The summed E-state index contributed by atoms with van der Waals surface area (Å²) in [6, 6.07) is 13.0. The molecule has 2 aromatic carbocycles. The van der Waals surface area contributed by atoms with E-state index in [9.17, 15) is 18.0 Å². The number of benzene rings is 2. The van der Waals surface area contributed by atoms with E-state index in [4.69, 9.17) is 4.74 Å². The summed E-state index contributed by atoms with van der Waals surface area (Å²) in [4.78, 5) is 27.2. The summed E-state index contributed by atoms with van der Waals surface area (Å²) in [5.74, 6) is -0.202. The van der Waals surface area contributed by atoms with Crippen molar-refractivity contribution in [2.45, 2.75) is 26.4 Å². The fourth-order valence-electron chi connectivity index (χ4n) is 3.09. The molecule has 0 saturated carbocycles. The van der Waals surface area contributed by atoms with Crippen molar-refractivity contribution in [2.24, 2.45) is 0 Å². The van der Waals surface area contributed by atoms with Crippen LogP contribution in [0.3, 0.4) is 0 Å². The van der Waals surface area contributed by atoms with Gasteiger partial charge in [0.1, 0.15) is 18.3 Å². The predicted octanol–water partition coefficient (Wildman–Crippen LogP) is 2.78. The zero-order valence-electron chi connectivity index (χ0n) is 18.5. The van der Waals surface area contributed by atoms with Gasteiger partial charge >= 0.3 is 0 Å². The Hall–Kier alpha value is -2.59. The van der Waals surface area contributed by atoms with Crippen LogP contribution in [0.15, 0.2) is 53.0 Å². The maximum absolute atomic E-state index is 13.3. The van der Waals surface area contributed by atoms with Gasteiger partial charge < -0.3 is 15.0 Å². The zero-order chi connectivity index (χ0) is 23.9. The number of carbonyl (C=O) groups is 2. The largest absolute Gasteiger partial charge is 0.497 e. The standard InChI is InChI=1S/C22H28BrN3O5S/c1-5-24-22(28)16(2)25(14-17-7-6-8-20(13-17)31-3)21(27)15-26(32(4,29)30)19-11-9-18(23)10-12-19/h6-13,16H,5,14-15H2,1-4H3,(H,24,28). The minimum absolute atomic E-state index is 0.117. The van der Waals surface area contributed by atoms with Gasteiger partial charge in [-0.2, -0.15) is 0 Å². The van der Waals surface area contributed by atoms with Gasteiger partial charge in [0.05, 0.1) is 19.1 Å². The average molecular weight is 526 g/mol. The van der Waals surface area contributed by atoms with Gasteiger partial charge in [-0.15, -0.1) is 0 Å². The van der Waals surface area contributed by atoms with Crippen LogP contribution in [-0.4, -0.2) is 57.6 Å². The van der Waals surface area contributed by atoms with Crippen molar-refractivity contribution in [3.8, 4) is 5.75 Å². The van der Waals surface area contributed by atoms with Gasteiger partial charge in [-0.25, -0.2) is 8.42 Å². The molecule has 0 aliphatic carbocycles. The van der Waals surface area contributed by atoms with Crippen LogP contribution in [0.25, 0.3) is 0 Å². The SMILES string of the molecule is CCNC(=O)C(C)N(Cc1cccc(OC)c1)C(=O)CN(c1ccc(Br)cc1)S(C)(=O)=O. The van der Waals surface area contributed by atoms with E-state index in [1.807, 2.05) is 6.07 Å². The Kier molecular flexibility index (Phi) is 9.09. The van der Waals surface area contributed by atoms with Crippen molar-refractivity contribution in [1.82, 2.24) is 10.2 Å². The molecule has 10 heteroatoms. The van der Waals surface area contributed by atoms with Crippen molar-refractivity contribution in [2.75, 3.05) is 30.8 Å². The van der Waals surface area contributed by atoms with E-state index in [0.717, 1.165) is 20.6 Å². The van der Waals surface area contributed by atoms with Gasteiger partial charge in [0.15, 0.2) is 0 Å². The highest BCUT2D eigenvalue weighted by Gasteiger charge is 2.29. The molecule has 0 fully saturated rings. The summed E-state index contributed by atoms with van der Waals surface area (Å²) in [6.45, 7) is 3.50. The van der Waals surface area contributed by atoms with Crippen LogP contribution < -0.4 is 14.4 Å². The first-order valence-corrected chi connectivity index (χ1v) is 12.6. The quantitative estimate of drug-likeness (QED) is 0.514. The number of methoxy groups -OCH3 is 1. The van der Waals surface area contributed by atoms with Crippen molar-refractivity contribution >= 4 is 43.5 Å². The minimum Gasteiger partial charge on any atom is -0.497 e. The third-order valence-electron chi connectivity index (χ3n) is 4.80. The maximum Gasteiger partial charge on any atom is 0.244 e. The Labute approximate surface area is 197 Å². The molecule has 0 aromatic heterocycles. The molecule has 8 nitrogen and oxygen atoms in total. The number of nitrogens with zero attached hydrogens (tertiary/aromatic N) is 2. The number of halogens is 1. The summed E-state index contributed by atoms with van der Waals surface area (Å²) in [5.41, 5.74) is 1.11. The lowest BCUT2D eigenvalue weighted by molar-refractivity contribution is -0.139. The number of hydrogen-bond acceptors (Lipinski definition) is 5. The minimum atomic E-state index is -3.75. The van der Waals surface area contributed by atoms with E-state index in [1.165, 1.54) is 4.90 Å². The summed E-state index contributed by atoms with van der Waals surface area (Å²) in [5, 5.41) is 2.72. The second-order valence-corrected chi connectivity index (χ2v) is 10.0. The van der Waals surface area contributed by atoms with Crippen LogP contribution in [-0.2, 0) is 26.2 Å². The lowest BCUT2D eigenvalue weighted by Crippen LogP contribution is -2.51. The Morgan fingerprint density at radius 2 is 1.81 bits per heavy atom. The Morgan fingerprint density at radius 3 is 2.38 bits per heavy atom. The van der Waals surface area contributed by atoms with E-state index >= 15 is 0 Å². The number of sulfonamides is 1. The monoisotopic (exact) mass is 525 g/mol. The molecule has 0 radical (unpaired) electrons. The summed E-state index contributed by atoms with van der Waals surface area (Å²) >= 11 is 3.32. The fourth-order valence-corrected chi connectivity index (χ4v) is 4.21. The van der Waals surface area contributed by atoms with Crippen molar-refractivity contribution < 1.29 is 22.7 Å². The Balaban J connectivity index is 2.38. The van der Waals surface area contributed by atoms with E-state index in [2.05, 4.69) is 21.2 Å². The number of anilines is 1. The molecule has 0 spiro atoms. The molecule has 0 aliphatic rings. The van der Waals surface area contributed by atoms with E-state index in [0.29, 0.717) is 18.0 Å². The fraction of sp³-hybridized carbons (Fsp3) is 0.364. The molecule has 1 unspecified atom stereocenters. The zero-order valence-corrected chi connectivity index (χ0v) is 20.9. The summed E-state index contributed by atoms with van der Waals surface area (Å²) in [6.07, 6.45) is 1.04. The molecule has 2 amide bonds. The normalized spacial score (nSPS) is 12.0. The molecule has 174 valence electrons. The second kappa shape index (κ2) is 11.3. The van der Waals surface area contributed by atoms with Crippen LogP contribution in [0.2, 0.25) is 0 Å². The third-order valence-corrected chi connectivity index (χ3v) is 6.47. The summed E-state index contributed by atoms with van der Waals surface area (Å²) in [7, 11) is -2.21. The lowest BCUT2D eigenvalue weighted by atomic mass is 10.1. The first-order valence-electron chi connectivity index (χ1n) is 10.00. The number of likely N-dealkylation sites (N-methyl/N-ethyl adjacent to an activating group) is 1. The molecule has 0 saturated heterocycles. The molecule has 2 rings (SSSR count). The number of rotatable bonds is 10. The Morgan fingerprint density at radius 1 is 1.16 bits per heavy atom. The highest BCUT2D eigenvalue weighted by molar-refractivity contribution is 9.10. The average Bonchev–Trinajstić information content (AvgIpc) is 2.75. The topological polar surface area (TPSA) is 96.0 Å². The van der Waals surface area contributed by atoms with Gasteiger partial charge in [-0.05, 0) is 55.8 Å². The molecular formula is C22H28BrN3O5S. The van der Waals surface area contributed by atoms with Gasteiger partial charge in [0.25, 0.3) is 0 Å². The maximum atomic E-state index is 13.3. The van der Waals surface area contributed by atoms with Gasteiger partial charge in [-0.1, -0.05) is 28.1 Å². The van der Waals surface area contributed by atoms with Crippen LogP contribution in [0, 0.1) is 0 Å². The first-order chi connectivity index (χ1) is 15.1. The van der Waals surface area contributed by atoms with Crippen LogP contribution >= 0.6 is 15.9 Å². The number of amides is 2. The van der Waals surface area contributed by atoms with Gasteiger partial charge in [0, 0.05) is 17.6 Å². The van der Waals surface area contributed by atoms with Crippen LogP contribution in [0.5, 0.6) is 5.75 Å². The summed E-state index contributed by atoms with van der Waals surface area (Å²) < 4.78 is 32.0. The lowest BCUT2D eigenvalue weighted by Gasteiger charge is -2.31. The highest BCUT2D eigenvalue weighted by atomic mass is 79.9. The van der Waals surface area contributed by atoms with Crippen molar-refractivity contribution in [1.29, 1.82) is 0 Å². The molecule has 0 heterocycles. The molecular weight excluding hydrogens is 498 g/mol.